The Labute approximate surface area is 821 Å². The topological polar surface area (TPSA) is 112 Å². The summed E-state index contributed by atoms with van der Waals surface area (Å²) >= 11 is 0. The van der Waals surface area contributed by atoms with Gasteiger partial charge in [0.15, 0.2) is 0 Å². The number of hydrogen-bond acceptors (Lipinski definition) is 20. The van der Waals surface area contributed by atoms with Crippen molar-refractivity contribution < 1.29 is 9.47 Å². The minimum absolute atomic E-state index is 0.0275. The van der Waals surface area contributed by atoms with Gasteiger partial charge in [0.2, 0.25) is 0 Å². The number of nitrogens with zero attached hydrogens (tertiary/aromatic N) is 14. The molecule has 0 aromatic heterocycles. The number of rotatable bonds is 38. The molecule has 0 aromatic carbocycles. The van der Waals surface area contributed by atoms with E-state index in [-0.39, 0.29) is 5.60 Å². The lowest BCUT2D eigenvalue weighted by molar-refractivity contribution is -0.0109. The smallest absolute Gasteiger partial charge is 0.0600 e. The molecule has 11 aliphatic rings. The molecule has 131 heavy (non-hydrogen) atoms. The minimum Gasteiger partial charge on any atom is -0.377 e. The lowest BCUT2D eigenvalue weighted by atomic mass is 10.0. The Bertz CT molecular complexity index is 2260. The van der Waals surface area contributed by atoms with Crippen LogP contribution in [0.3, 0.4) is 0 Å². The van der Waals surface area contributed by atoms with Crippen molar-refractivity contribution in [3.63, 3.8) is 0 Å². The van der Waals surface area contributed by atoms with Crippen LogP contribution >= 0.6 is 0 Å². The first-order valence-electron chi connectivity index (χ1n) is 56.8. The fraction of sp³-hybridized carbons (Fsp3) is 1.00. The van der Waals surface area contributed by atoms with E-state index >= 15 is 0 Å². The maximum atomic E-state index is 5.65. The van der Waals surface area contributed by atoms with Gasteiger partial charge in [-0.05, 0) is 375 Å². The molecule has 11 fully saturated rings. The Morgan fingerprint density at radius 2 is 0.504 bits per heavy atom. The van der Waals surface area contributed by atoms with Crippen LogP contribution in [0.4, 0.5) is 0 Å². The molecular formula is C111H240N18O2. The van der Waals surface area contributed by atoms with Gasteiger partial charge in [0.05, 0.1) is 24.9 Å². The van der Waals surface area contributed by atoms with Gasteiger partial charge in [-0.3, -0.25) is 14.7 Å². The van der Waals surface area contributed by atoms with Gasteiger partial charge in [-0.15, -0.1) is 0 Å². The molecule has 0 saturated carbocycles. The van der Waals surface area contributed by atoms with Gasteiger partial charge in [0.25, 0.3) is 0 Å². The Kier molecular flexibility index (Phi) is 82.0. The number of likely N-dealkylation sites (N-methyl/N-ethyl adjacent to an activating group) is 3. The lowest BCUT2D eigenvalue weighted by Gasteiger charge is -2.38. The van der Waals surface area contributed by atoms with Crippen molar-refractivity contribution in [2.75, 3.05) is 296 Å². The maximum absolute atomic E-state index is 5.65. The van der Waals surface area contributed by atoms with Crippen molar-refractivity contribution in [3.8, 4) is 0 Å². The highest BCUT2D eigenvalue weighted by Gasteiger charge is 2.24. The molecule has 0 bridgehead atoms. The first-order valence-corrected chi connectivity index (χ1v) is 56.8. The number of nitrogens with one attached hydrogen (secondary N) is 4. The van der Waals surface area contributed by atoms with Crippen LogP contribution < -0.4 is 21.3 Å². The fourth-order valence-corrected chi connectivity index (χ4v) is 18.6. The van der Waals surface area contributed by atoms with E-state index in [1.165, 1.54) is 428 Å². The third-order valence-corrected chi connectivity index (χ3v) is 27.6. The number of piperazine rings is 3. The summed E-state index contributed by atoms with van der Waals surface area (Å²) in [5, 5.41) is 13.8. The third kappa shape index (κ3) is 81.5. The van der Waals surface area contributed by atoms with Crippen LogP contribution in [0.1, 0.15) is 366 Å². The molecule has 20 heteroatoms. The maximum Gasteiger partial charge on any atom is 0.0600 e. The van der Waals surface area contributed by atoms with Gasteiger partial charge in [-0.25, -0.2) is 0 Å². The largest absolute Gasteiger partial charge is 0.377 e. The second-order valence-electron chi connectivity index (χ2n) is 45.8. The van der Waals surface area contributed by atoms with Crippen LogP contribution in [0.15, 0.2) is 0 Å². The van der Waals surface area contributed by atoms with Crippen molar-refractivity contribution >= 4 is 0 Å². The Morgan fingerprint density at radius 1 is 0.252 bits per heavy atom. The highest BCUT2D eigenvalue weighted by atomic mass is 16.5. The monoisotopic (exact) mass is 1860 g/mol. The van der Waals surface area contributed by atoms with Crippen molar-refractivity contribution in [2.45, 2.75) is 419 Å². The molecule has 0 radical (unpaired) electrons. The van der Waals surface area contributed by atoms with E-state index in [2.05, 4.69) is 277 Å². The summed E-state index contributed by atoms with van der Waals surface area (Å²) in [6.45, 7) is 109. The van der Waals surface area contributed by atoms with Crippen LogP contribution in [0.5, 0.6) is 0 Å². The normalized spacial score (nSPS) is 20.8. The van der Waals surface area contributed by atoms with Crippen molar-refractivity contribution in [1.29, 1.82) is 0 Å². The first-order chi connectivity index (χ1) is 62.5. The molecule has 4 N–H and O–H groups in total. The fourth-order valence-electron chi connectivity index (χ4n) is 18.6. The predicted octanol–water partition coefficient (Wildman–Crippen LogP) is 19.4. The molecule has 11 heterocycles. The van der Waals surface area contributed by atoms with E-state index < -0.39 is 0 Å². The average molecular weight is 1860 g/mol. The minimum atomic E-state index is 0.0275. The third-order valence-electron chi connectivity index (χ3n) is 27.6. The zero-order valence-corrected chi connectivity index (χ0v) is 93.9. The van der Waals surface area contributed by atoms with E-state index in [4.69, 9.17) is 9.47 Å². The summed E-state index contributed by atoms with van der Waals surface area (Å²) in [4.78, 5) is 35.5. The van der Waals surface area contributed by atoms with E-state index in [0.29, 0.717) is 35.8 Å². The summed E-state index contributed by atoms with van der Waals surface area (Å²) in [7, 11) is 4.41. The predicted molar refractivity (Wildman–Crippen MR) is 581 cm³/mol. The van der Waals surface area contributed by atoms with E-state index in [9.17, 15) is 0 Å². The van der Waals surface area contributed by atoms with E-state index in [1.807, 2.05) is 0 Å². The van der Waals surface area contributed by atoms with Crippen LogP contribution in [-0.4, -0.2) is 418 Å². The Morgan fingerprint density at radius 3 is 0.779 bits per heavy atom. The summed E-state index contributed by atoms with van der Waals surface area (Å²) in [5.41, 5.74) is 0.431. The molecule has 11 saturated heterocycles. The first kappa shape index (κ1) is 128. The highest BCUT2D eigenvalue weighted by molar-refractivity contribution is 4.80. The zero-order chi connectivity index (χ0) is 97.1. The van der Waals surface area contributed by atoms with Crippen LogP contribution in [0.2, 0.25) is 0 Å². The molecule has 0 atom stereocenters. The standard InChI is InChI=1S/2C12H26N2.C12H25N.2C10H22N2.2C10H21NO.2C9H20N2.C9H19N.C8H18N2/c1-12(2)6-4-5-7-14-10-8-13(3)9-11-14;1-12(2)13-8-4-7-11-14-9-5-3-6-10-14;1-12(2)8-4-7-11-13-9-5-3-6-10-13;2*1-10(2)11-6-9-12-7-4-3-5-8-12;1-10(2,3)12-9-8-11-6-4-5-7-11;1-10(2)12-9-8-11-6-4-3-5-7-11;1-9(2)10-5-8-11-6-3-4-7-11;1-4-10-5-7-11(8-6-10)9(2)3;1-9(2,3)10-7-5-4-6-8-10;1-8(2)10-6-4-9(3)5-7-10/h12H,4-11H2,1-3H3;12-13H,3-11H2,1-2H3;12H,3-11H2,1-2H3;2*10-11H,3-9H2,1-2H3;4-9H2,1-3H3;10H,3-9H2,1-2H3;9-10H,3-8H2,1-2H3;9H,4-8H2,1-3H3;4-8H2,1-3H3;8H,4-7H2,1-3H3. The van der Waals surface area contributed by atoms with Crippen molar-refractivity contribution in [2.24, 2.45) is 11.8 Å². The number of hydrogen-bond donors (Lipinski definition) is 4. The quantitative estimate of drug-likeness (QED) is 0.0440. The molecule has 0 aliphatic carbocycles. The van der Waals surface area contributed by atoms with E-state index in [0.717, 1.165) is 69.9 Å². The molecule has 11 aliphatic heterocycles. The number of piperidine rings is 6. The van der Waals surface area contributed by atoms with Gasteiger partial charge in [-0.2, -0.15) is 0 Å². The number of unbranched alkanes of at least 4 members (excludes halogenated alkanes) is 3. The Hall–Kier alpha value is -0.800. The summed E-state index contributed by atoms with van der Waals surface area (Å²) in [5.74, 6) is 1.77. The molecule has 20 nitrogen and oxygen atoms in total. The summed E-state index contributed by atoms with van der Waals surface area (Å²) in [6, 6.07) is 4.01. The highest BCUT2D eigenvalue weighted by Crippen LogP contribution is 2.21. The van der Waals surface area contributed by atoms with Gasteiger partial charge in [0, 0.05) is 173 Å². The van der Waals surface area contributed by atoms with Gasteiger partial charge in [-0.1, -0.05) is 154 Å². The van der Waals surface area contributed by atoms with Gasteiger partial charge < -0.3 is 84.6 Å². The second-order valence-corrected chi connectivity index (χ2v) is 45.8. The second kappa shape index (κ2) is 83.8. The molecule has 11 rings (SSSR count). The number of ether oxygens (including phenoxy) is 2. The van der Waals surface area contributed by atoms with Crippen molar-refractivity contribution in [1.82, 2.24) is 89.9 Å². The van der Waals surface area contributed by atoms with Crippen molar-refractivity contribution in [3.05, 3.63) is 0 Å². The van der Waals surface area contributed by atoms with Crippen LogP contribution in [0, 0.1) is 11.8 Å². The van der Waals surface area contributed by atoms with Crippen LogP contribution in [0.25, 0.3) is 0 Å². The molecule has 0 unspecified atom stereocenters. The molecule has 786 valence electrons. The SMILES string of the molecule is CC(C)(C)N1CCCCC1.CC(C)(C)OCCN1CCCC1.CC(C)CCCCN1CCCCC1.CC(C)CCCCN1CCN(C)CC1.CC(C)N1CCN(C)CC1.CC(C)NCCCCN1CCCCC1.CC(C)NCCN1CCCC1.CC(C)NCCN1CCCCC1.CC(C)NCCN1CCCCC1.CC(C)OCCN1CCCCC1.CCN1CCN(C(C)C)CC1. The van der Waals surface area contributed by atoms with Crippen LogP contribution in [-0.2, 0) is 9.47 Å². The molecular weight excluding hydrogens is 1620 g/mol. The summed E-state index contributed by atoms with van der Waals surface area (Å²) in [6.07, 6.45) is 42.6. The Balaban J connectivity index is 0.000000721. The van der Waals surface area contributed by atoms with Gasteiger partial charge in [0.1, 0.15) is 0 Å². The van der Waals surface area contributed by atoms with Gasteiger partial charge >= 0.3 is 0 Å². The van der Waals surface area contributed by atoms with E-state index in [1.54, 1.807) is 0 Å². The molecule has 0 spiro atoms. The summed E-state index contributed by atoms with van der Waals surface area (Å²) < 4.78 is 11.2. The molecule has 0 amide bonds. The average Bonchev–Trinajstić information content (AvgIpc) is 1.40. The molecule has 0 aromatic rings. The lowest BCUT2D eigenvalue weighted by Crippen LogP contribution is -2.48. The number of likely N-dealkylation sites (tertiary alicyclic amines) is 8. The zero-order valence-electron chi connectivity index (χ0n) is 93.9.